The lowest BCUT2D eigenvalue weighted by Gasteiger charge is -2.15. The number of halogens is 1. The van der Waals surface area contributed by atoms with Crippen molar-refractivity contribution in [2.24, 2.45) is 5.41 Å². The van der Waals surface area contributed by atoms with Gasteiger partial charge in [0.25, 0.3) is 0 Å². The van der Waals surface area contributed by atoms with Crippen molar-refractivity contribution in [1.29, 1.82) is 0 Å². The third-order valence-corrected chi connectivity index (χ3v) is 4.38. The van der Waals surface area contributed by atoms with E-state index in [1.54, 1.807) is 0 Å². The fourth-order valence-electron chi connectivity index (χ4n) is 2.77. The summed E-state index contributed by atoms with van der Waals surface area (Å²) in [5, 5.41) is 1.74. The maximum Gasteiger partial charge on any atom is 0.170 e. The first kappa shape index (κ1) is 15.8. The normalized spacial score (nSPS) is 11.8. The molecule has 0 aliphatic carbocycles. The molecule has 2 aromatic carbocycles. The third-order valence-electron chi connectivity index (χ3n) is 4.01. The Kier molecular flexibility index (Phi) is 4.03. The van der Waals surface area contributed by atoms with E-state index in [2.05, 4.69) is 4.57 Å². The number of fused-ring (bicyclic) bond motifs is 1. The molecule has 0 aliphatic heterocycles. The van der Waals surface area contributed by atoms with Gasteiger partial charge < -0.3 is 4.57 Å². The summed E-state index contributed by atoms with van der Waals surface area (Å²) in [6, 6.07) is 15.8. The molecule has 0 radical (unpaired) electrons. The van der Waals surface area contributed by atoms with E-state index in [1.165, 1.54) is 0 Å². The van der Waals surface area contributed by atoms with Gasteiger partial charge in [-0.25, -0.2) is 0 Å². The summed E-state index contributed by atoms with van der Waals surface area (Å²) in [5.74, 6) is 0.159. The lowest BCUT2D eigenvalue weighted by Crippen LogP contribution is -2.19. The minimum absolute atomic E-state index is 0.159. The van der Waals surface area contributed by atoms with E-state index in [0.717, 1.165) is 27.1 Å². The lowest BCUT2D eigenvalue weighted by molar-refractivity contribution is 0.0860. The molecule has 3 rings (SSSR count). The molecule has 0 aliphatic rings. The van der Waals surface area contributed by atoms with Crippen LogP contribution in [0.25, 0.3) is 10.9 Å². The van der Waals surface area contributed by atoms with Crippen LogP contribution in [0.2, 0.25) is 5.02 Å². The van der Waals surface area contributed by atoms with Crippen molar-refractivity contribution >= 4 is 28.3 Å². The molecule has 118 valence electrons. The number of aromatic nitrogens is 1. The van der Waals surface area contributed by atoms with Crippen LogP contribution in [0.3, 0.4) is 0 Å². The van der Waals surface area contributed by atoms with Crippen molar-refractivity contribution < 1.29 is 4.79 Å². The molecule has 0 atom stereocenters. The first-order chi connectivity index (χ1) is 10.9. The standard InChI is InChI=1S/C20H20ClNO/c1-20(2,3)19(23)16-13-22(18-11-7-5-9-15(16)18)12-14-8-4-6-10-17(14)21/h4-11,13H,12H2,1-3H3. The lowest BCUT2D eigenvalue weighted by atomic mass is 9.86. The Morgan fingerprint density at radius 1 is 1.04 bits per heavy atom. The molecule has 2 nitrogen and oxygen atoms in total. The molecule has 0 fully saturated rings. The van der Waals surface area contributed by atoms with Crippen molar-refractivity contribution in [3.05, 3.63) is 70.9 Å². The maximum atomic E-state index is 12.8. The highest BCUT2D eigenvalue weighted by Gasteiger charge is 2.26. The summed E-state index contributed by atoms with van der Waals surface area (Å²) in [6.45, 7) is 6.51. The second kappa shape index (κ2) is 5.86. The van der Waals surface area contributed by atoms with Crippen molar-refractivity contribution in [2.45, 2.75) is 27.3 Å². The molecular weight excluding hydrogens is 306 g/mol. The highest BCUT2D eigenvalue weighted by molar-refractivity contribution is 6.31. The largest absolute Gasteiger partial charge is 0.342 e. The summed E-state index contributed by atoms with van der Waals surface area (Å²) in [6.07, 6.45) is 1.96. The van der Waals surface area contributed by atoms with Gasteiger partial charge in [-0.1, -0.05) is 68.8 Å². The van der Waals surface area contributed by atoms with E-state index in [9.17, 15) is 4.79 Å². The van der Waals surface area contributed by atoms with Gasteiger partial charge in [-0.05, 0) is 17.7 Å². The number of hydrogen-bond donors (Lipinski definition) is 0. The van der Waals surface area contributed by atoms with Gasteiger partial charge in [-0.2, -0.15) is 0 Å². The number of benzene rings is 2. The second-order valence-electron chi connectivity index (χ2n) is 6.86. The average molecular weight is 326 g/mol. The molecule has 3 aromatic rings. The van der Waals surface area contributed by atoms with E-state index in [0.29, 0.717) is 6.54 Å². The Labute approximate surface area is 141 Å². The van der Waals surface area contributed by atoms with E-state index in [-0.39, 0.29) is 5.78 Å². The monoisotopic (exact) mass is 325 g/mol. The van der Waals surface area contributed by atoms with Crippen LogP contribution >= 0.6 is 11.6 Å². The Bertz CT molecular complexity index is 871. The minimum Gasteiger partial charge on any atom is -0.342 e. The predicted molar refractivity (Wildman–Crippen MR) is 96.3 cm³/mol. The summed E-state index contributed by atoms with van der Waals surface area (Å²) in [7, 11) is 0. The first-order valence-corrected chi connectivity index (χ1v) is 8.12. The zero-order chi connectivity index (χ0) is 16.6. The molecule has 1 aromatic heterocycles. The number of para-hydroxylation sites is 1. The molecule has 0 bridgehead atoms. The van der Waals surface area contributed by atoms with Crippen LogP contribution in [-0.2, 0) is 6.54 Å². The molecular formula is C20H20ClNO. The number of rotatable bonds is 3. The van der Waals surface area contributed by atoms with Crippen molar-refractivity contribution in [1.82, 2.24) is 4.57 Å². The van der Waals surface area contributed by atoms with Crippen molar-refractivity contribution in [3.8, 4) is 0 Å². The van der Waals surface area contributed by atoms with Crippen molar-refractivity contribution in [2.75, 3.05) is 0 Å². The maximum absolute atomic E-state index is 12.8. The fourth-order valence-corrected chi connectivity index (χ4v) is 2.97. The van der Waals surface area contributed by atoms with Gasteiger partial charge in [0.05, 0.1) is 0 Å². The Hall–Kier alpha value is -2.06. The zero-order valence-corrected chi connectivity index (χ0v) is 14.4. The van der Waals surface area contributed by atoms with Crippen LogP contribution in [-0.4, -0.2) is 10.4 Å². The average Bonchev–Trinajstić information content (AvgIpc) is 2.87. The number of Topliss-reactive ketones (excluding diaryl/α,β-unsaturated/α-hetero) is 1. The summed E-state index contributed by atoms with van der Waals surface area (Å²) < 4.78 is 2.11. The van der Waals surface area contributed by atoms with Crippen molar-refractivity contribution in [3.63, 3.8) is 0 Å². The molecule has 0 spiro atoms. The van der Waals surface area contributed by atoms with E-state index >= 15 is 0 Å². The highest BCUT2D eigenvalue weighted by atomic mass is 35.5. The number of carbonyl (C=O) groups excluding carboxylic acids is 1. The highest BCUT2D eigenvalue weighted by Crippen LogP contribution is 2.29. The molecule has 1 heterocycles. The summed E-state index contributed by atoms with van der Waals surface area (Å²) in [4.78, 5) is 12.8. The van der Waals surface area contributed by atoms with Crippen LogP contribution in [0, 0.1) is 5.41 Å². The number of ketones is 1. The fraction of sp³-hybridized carbons (Fsp3) is 0.250. The summed E-state index contributed by atoms with van der Waals surface area (Å²) >= 11 is 6.29. The molecule has 0 saturated heterocycles. The molecule has 0 N–H and O–H groups in total. The van der Waals surface area contributed by atoms with Gasteiger partial charge in [0.15, 0.2) is 5.78 Å². The van der Waals surface area contributed by atoms with Gasteiger partial charge in [0.1, 0.15) is 0 Å². The van der Waals surface area contributed by atoms with Gasteiger partial charge in [-0.3, -0.25) is 4.79 Å². The molecule has 3 heteroatoms. The van der Waals surface area contributed by atoms with Gasteiger partial charge in [-0.15, -0.1) is 0 Å². The molecule has 0 saturated carbocycles. The smallest absolute Gasteiger partial charge is 0.170 e. The van der Waals surface area contributed by atoms with Gasteiger partial charge in [0.2, 0.25) is 0 Å². The van der Waals surface area contributed by atoms with E-state index in [4.69, 9.17) is 11.6 Å². The third kappa shape index (κ3) is 3.04. The molecule has 23 heavy (non-hydrogen) atoms. The second-order valence-corrected chi connectivity index (χ2v) is 7.27. The van der Waals surface area contributed by atoms with E-state index in [1.807, 2.05) is 75.5 Å². The van der Waals surface area contributed by atoms with Crippen LogP contribution in [0.4, 0.5) is 0 Å². The molecule has 0 amide bonds. The van der Waals surface area contributed by atoms with Crippen LogP contribution in [0.15, 0.2) is 54.7 Å². The van der Waals surface area contributed by atoms with Gasteiger partial charge in [0, 0.05) is 39.6 Å². The summed E-state index contributed by atoms with van der Waals surface area (Å²) in [5.41, 5.74) is 2.48. The number of hydrogen-bond acceptors (Lipinski definition) is 1. The quantitative estimate of drug-likeness (QED) is 0.577. The SMILES string of the molecule is CC(C)(C)C(=O)c1cn(Cc2ccccc2Cl)c2ccccc12. The number of carbonyl (C=O) groups is 1. The predicted octanol–water partition coefficient (Wildman–Crippen LogP) is 5.57. The van der Waals surface area contributed by atoms with Crippen LogP contribution in [0.1, 0.15) is 36.7 Å². The minimum atomic E-state index is -0.403. The Balaban J connectivity index is 2.12. The first-order valence-electron chi connectivity index (χ1n) is 7.74. The molecule has 0 unspecified atom stereocenters. The van der Waals surface area contributed by atoms with Gasteiger partial charge >= 0.3 is 0 Å². The number of nitrogens with zero attached hydrogens (tertiary/aromatic N) is 1. The van der Waals surface area contributed by atoms with Crippen LogP contribution < -0.4 is 0 Å². The van der Waals surface area contributed by atoms with Crippen LogP contribution in [0.5, 0.6) is 0 Å². The topological polar surface area (TPSA) is 22.0 Å². The van der Waals surface area contributed by atoms with E-state index < -0.39 is 5.41 Å². The Morgan fingerprint density at radius 2 is 1.70 bits per heavy atom. The zero-order valence-electron chi connectivity index (χ0n) is 13.6. The Morgan fingerprint density at radius 3 is 2.39 bits per heavy atom.